The maximum Gasteiger partial charge on any atom is 0.296 e. The van der Waals surface area contributed by atoms with E-state index in [-0.39, 0.29) is 11.6 Å². The lowest BCUT2D eigenvalue weighted by atomic mass is 10.0. The van der Waals surface area contributed by atoms with Crippen molar-refractivity contribution in [2.45, 2.75) is 0 Å². The molecule has 0 unspecified atom stereocenters. The number of methoxy groups -OCH3 is 1. The summed E-state index contributed by atoms with van der Waals surface area (Å²) < 4.78 is 6.06. The minimum absolute atomic E-state index is 0.00744. The molecule has 154 valence electrons. The molecule has 0 aromatic heterocycles. The van der Waals surface area contributed by atoms with Gasteiger partial charge in [0.2, 0.25) is 0 Å². The smallest absolute Gasteiger partial charge is 0.296 e. The van der Waals surface area contributed by atoms with Crippen LogP contribution in [0.1, 0.15) is 10.4 Å². The lowest BCUT2D eigenvalue weighted by molar-refractivity contribution is -0.384. The summed E-state index contributed by atoms with van der Waals surface area (Å²) in [7, 11) is 1.48. The molecule has 0 spiro atoms. The number of nitro groups is 1. The van der Waals surface area contributed by atoms with Crippen LogP contribution in [-0.2, 0) is 0 Å². The van der Waals surface area contributed by atoms with Crippen LogP contribution in [0.15, 0.2) is 59.1 Å². The highest BCUT2D eigenvalue weighted by Gasteiger charge is 2.27. The second-order valence-electron chi connectivity index (χ2n) is 7.03. The fourth-order valence-electron chi connectivity index (χ4n) is 3.82. The Labute approximate surface area is 182 Å². The summed E-state index contributed by atoms with van der Waals surface area (Å²) in [6.45, 7) is 2.03. The summed E-state index contributed by atoms with van der Waals surface area (Å²) in [6.07, 6.45) is 0. The molecule has 0 N–H and O–H groups in total. The van der Waals surface area contributed by atoms with Gasteiger partial charge >= 0.3 is 0 Å². The van der Waals surface area contributed by atoms with E-state index in [1.165, 1.54) is 13.2 Å². The molecule has 1 fully saturated rings. The van der Waals surface area contributed by atoms with Crippen molar-refractivity contribution in [1.29, 1.82) is 0 Å². The number of carbonyl (C=O) groups excluding carboxylic acids is 1. The highest BCUT2D eigenvalue weighted by atomic mass is 79.9. The molecule has 1 heterocycles. The van der Waals surface area contributed by atoms with Gasteiger partial charge in [-0.15, -0.1) is 0 Å². The number of fused-ring (bicyclic) bond motifs is 1. The third-order valence-electron chi connectivity index (χ3n) is 5.39. The van der Waals surface area contributed by atoms with Crippen LogP contribution in [0.4, 0.5) is 11.4 Å². The lowest BCUT2D eigenvalue weighted by Gasteiger charge is -2.36. The summed E-state index contributed by atoms with van der Waals surface area (Å²) in [5.41, 5.74) is 1.22. The summed E-state index contributed by atoms with van der Waals surface area (Å²) in [6, 6.07) is 16.4. The first-order valence-electron chi connectivity index (χ1n) is 9.53. The van der Waals surface area contributed by atoms with Crippen LogP contribution in [0.2, 0.25) is 0 Å². The fourth-order valence-corrected chi connectivity index (χ4v) is 4.32. The Bertz CT molecular complexity index is 1130. The average molecular weight is 470 g/mol. The zero-order valence-corrected chi connectivity index (χ0v) is 18.0. The van der Waals surface area contributed by atoms with Crippen molar-refractivity contribution in [3.63, 3.8) is 0 Å². The molecule has 7 nitrogen and oxygen atoms in total. The molecule has 0 atom stereocenters. The molecule has 1 aliphatic heterocycles. The van der Waals surface area contributed by atoms with Crippen LogP contribution in [0.3, 0.4) is 0 Å². The van der Waals surface area contributed by atoms with Gasteiger partial charge in [-0.1, -0.05) is 40.2 Å². The third kappa shape index (κ3) is 3.70. The molecule has 30 heavy (non-hydrogen) atoms. The molecule has 0 aliphatic carbocycles. The van der Waals surface area contributed by atoms with Crippen LogP contribution < -0.4 is 9.64 Å². The number of hydrogen-bond acceptors (Lipinski definition) is 5. The van der Waals surface area contributed by atoms with Gasteiger partial charge < -0.3 is 14.5 Å². The predicted molar refractivity (Wildman–Crippen MR) is 119 cm³/mol. The van der Waals surface area contributed by atoms with Crippen LogP contribution in [0, 0.1) is 10.1 Å². The Kier molecular flexibility index (Phi) is 5.59. The van der Waals surface area contributed by atoms with Crippen molar-refractivity contribution in [2.75, 3.05) is 38.2 Å². The maximum absolute atomic E-state index is 13.2. The van der Waals surface area contributed by atoms with Gasteiger partial charge in [0, 0.05) is 36.2 Å². The van der Waals surface area contributed by atoms with Crippen molar-refractivity contribution in [3.05, 3.63) is 74.7 Å². The average Bonchev–Trinajstić information content (AvgIpc) is 2.78. The van der Waals surface area contributed by atoms with E-state index < -0.39 is 4.92 Å². The fraction of sp³-hybridized carbons (Fsp3) is 0.227. The molecule has 4 rings (SSSR count). The molecular weight excluding hydrogens is 450 g/mol. The minimum Gasteiger partial charge on any atom is -0.496 e. The number of piperazine rings is 1. The number of nitro benzene ring substituents is 1. The van der Waals surface area contributed by atoms with Crippen molar-refractivity contribution < 1.29 is 14.5 Å². The van der Waals surface area contributed by atoms with Gasteiger partial charge in [0.25, 0.3) is 11.6 Å². The molecular formula is C22H20BrN3O4. The number of halogens is 1. The van der Waals surface area contributed by atoms with E-state index in [0.717, 1.165) is 15.2 Å². The van der Waals surface area contributed by atoms with Gasteiger partial charge in [0.1, 0.15) is 11.4 Å². The Morgan fingerprint density at radius 3 is 2.43 bits per heavy atom. The van der Waals surface area contributed by atoms with Crippen molar-refractivity contribution in [3.8, 4) is 5.75 Å². The Morgan fingerprint density at radius 1 is 1.03 bits per heavy atom. The van der Waals surface area contributed by atoms with Crippen molar-refractivity contribution in [2.24, 2.45) is 0 Å². The summed E-state index contributed by atoms with van der Waals surface area (Å²) >= 11 is 3.54. The highest BCUT2D eigenvalue weighted by molar-refractivity contribution is 9.10. The Hall–Kier alpha value is -3.13. The van der Waals surface area contributed by atoms with Gasteiger partial charge in [-0.2, -0.15) is 0 Å². The molecule has 3 aromatic carbocycles. The standard InChI is InChI=1S/C22H20BrN3O4/c1-30-15-8-9-20(21(14-15)26(28)29)24-10-12-25(13-11-24)22(27)18-6-2-5-17-16(18)4-3-7-19(17)23/h2-9,14H,10-13H2,1H3. The topological polar surface area (TPSA) is 75.9 Å². The zero-order valence-electron chi connectivity index (χ0n) is 16.4. The molecule has 3 aromatic rings. The Balaban J connectivity index is 1.54. The number of nitrogens with zero attached hydrogens (tertiary/aromatic N) is 3. The number of anilines is 1. The molecule has 0 bridgehead atoms. The number of benzene rings is 3. The summed E-state index contributed by atoms with van der Waals surface area (Å²) in [4.78, 5) is 28.0. The normalized spacial score (nSPS) is 14.1. The van der Waals surface area contributed by atoms with Crippen LogP contribution in [-0.4, -0.2) is 49.0 Å². The van der Waals surface area contributed by atoms with Crippen LogP contribution in [0.5, 0.6) is 5.75 Å². The summed E-state index contributed by atoms with van der Waals surface area (Å²) in [5, 5.41) is 13.4. The van der Waals surface area contributed by atoms with Gasteiger partial charge in [0.05, 0.1) is 18.1 Å². The largest absolute Gasteiger partial charge is 0.496 e. The Morgan fingerprint density at radius 2 is 1.73 bits per heavy atom. The van der Waals surface area contributed by atoms with Crippen LogP contribution >= 0.6 is 15.9 Å². The van der Waals surface area contributed by atoms with Crippen molar-refractivity contribution in [1.82, 2.24) is 4.90 Å². The molecule has 0 radical (unpaired) electrons. The van der Waals surface area contributed by atoms with Gasteiger partial charge in [-0.25, -0.2) is 0 Å². The minimum atomic E-state index is -0.399. The number of hydrogen-bond donors (Lipinski definition) is 0. The van der Waals surface area contributed by atoms with E-state index in [2.05, 4.69) is 15.9 Å². The van der Waals surface area contributed by atoms with E-state index >= 15 is 0 Å². The van der Waals surface area contributed by atoms with Gasteiger partial charge in [-0.3, -0.25) is 14.9 Å². The van der Waals surface area contributed by atoms with Crippen molar-refractivity contribution >= 4 is 44.0 Å². The molecule has 0 saturated carbocycles. The quantitative estimate of drug-likeness (QED) is 0.415. The second kappa shape index (κ2) is 8.31. The second-order valence-corrected chi connectivity index (χ2v) is 7.89. The van der Waals surface area contributed by atoms with Gasteiger partial charge in [0.15, 0.2) is 0 Å². The maximum atomic E-state index is 13.2. The highest BCUT2D eigenvalue weighted by Crippen LogP contribution is 2.33. The first-order chi connectivity index (χ1) is 14.5. The molecule has 1 saturated heterocycles. The van der Waals surface area contributed by atoms with E-state index in [4.69, 9.17) is 4.74 Å². The first-order valence-corrected chi connectivity index (χ1v) is 10.3. The van der Waals surface area contributed by atoms with E-state index in [1.54, 1.807) is 12.1 Å². The monoisotopic (exact) mass is 469 g/mol. The first kappa shape index (κ1) is 20.2. The lowest BCUT2D eigenvalue weighted by Crippen LogP contribution is -2.49. The molecule has 1 amide bonds. The van der Waals surface area contributed by atoms with Gasteiger partial charge in [-0.05, 0) is 35.0 Å². The van der Waals surface area contributed by atoms with Crippen LogP contribution in [0.25, 0.3) is 10.8 Å². The third-order valence-corrected chi connectivity index (χ3v) is 6.08. The number of carbonyl (C=O) groups is 1. The zero-order chi connectivity index (χ0) is 21.3. The molecule has 8 heteroatoms. The summed E-state index contributed by atoms with van der Waals surface area (Å²) in [5.74, 6) is 0.420. The SMILES string of the molecule is COc1ccc(N2CCN(C(=O)c3cccc4c(Br)cccc34)CC2)c([N+](=O)[O-])c1. The number of ether oxygens (including phenoxy) is 1. The van der Waals surface area contributed by atoms with E-state index in [1.807, 2.05) is 46.2 Å². The van der Waals surface area contributed by atoms with E-state index in [9.17, 15) is 14.9 Å². The van der Waals surface area contributed by atoms with E-state index in [0.29, 0.717) is 43.2 Å². The predicted octanol–water partition coefficient (Wildman–Crippen LogP) is 4.48. The number of rotatable bonds is 4. The number of amides is 1. The molecule has 1 aliphatic rings.